The number of hydrogen-bond acceptors (Lipinski definition) is 3. The maximum Gasteiger partial charge on any atom is 0.262 e. The van der Waals surface area contributed by atoms with Crippen molar-refractivity contribution in [1.29, 1.82) is 0 Å². The number of rotatable bonds is 4. The quantitative estimate of drug-likeness (QED) is 0.912. The fraction of sp³-hybridized carbons (Fsp3) is 0.263. The van der Waals surface area contributed by atoms with Gasteiger partial charge in [-0.15, -0.1) is 0 Å². The first kappa shape index (κ1) is 17.1. The van der Waals surface area contributed by atoms with Gasteiger partial charge in [0.25, 0.3) is 5.91 Å². The predicted molar refractivity (Wildman–Crippen MR) is 89.0 cm³/mol. The summed E-state index contributed by atoms with van der Waals surface area (Å²) in [6.07, 6.45) is 0.428. The lowest BCUT2D eigenvalue weighted by atomic mass is 9.97. The summed E-state index contributed by atoms with van der Waals surface area (Å²) in [7, 11) is 0. The molecule has 0 fully saturated rings. The molecule has 0 aliphatic heterocycles. The molecule has 0 bridgehead atoms. The number of Topliss-reactive ketones (excluding diaryl/α,β-unsaturated/α-hetero) is 1. The number of carbonyl (C=O) groups excluding carboxylic acids is 2. The van der Waals surface area contributed by atoms with Gasteiger partial charge >= 0.3 is 0 Å². The average Bonchev–Trinajstić information content (AvgIpc) is 2.86. The summed E-state index contributed by atoms with van der Waals surface area (Å²) in [6, 6.07) is 6.61. The van der Waals surface area contributed by atoms with E-state index in [0.717, 1.165) is 23.3 Å². The number of nitrogens with one attached hydrogen (secondary N) is 1. The smallest absolute Gasteiger partial charge is 0.262 e. The third-order valence-corrected chi connectivity index (χ3v) is 4.25. The van der Waals surface area contributed by atoms with Crippen LogP contribution in [0.4, 0.5) is 14.5 Å². The Hall–Kier alpha value is -2.76. The maximum atomic E-state index is 13.2. The molecule has 2 aromatic rings. The summed E-state index contributed by atoms with van der Waals surface area (Å²) >= 11 is 0. The summed E-state index contributed by atoms with van der Waals surface area (Å²) in [6.45, 7) is 3.58. The van der Waals surface area contributed by atoms with E-state index in [2.05, 4.69) is 5.32 Å². The lowest BCUT2D eigenvalue weighted by molar-refractivity contribution is -0.118. The van der Waals surface area contributed by atoms with Crippen LogP contribution < -0.4 is 10.1 Å². The molecule has 1 N–H and O–H groups in total. The zero-order valence-corrected chi connectivity index (χ0v) is 13.9. The number of carbonyl (C=O) groups is 2. The average molecular weight is 345 g/mol. The van der Waals surface area contributed by atoms with Crippen LogP contribution in [0.2, 0.25) is 0 Å². The lowest BCUT2D eigenvalue weighted by Crippen LogP contribution is -2.21. The minimum atomic E-state index is -1.05. The second-order valence-corrected chi connectivity index (χ2v) is 6.16. The first-order valence-corrected chi connectivity index (χ1v) is 7.91. The zero-order chi connectivity index (χ0) is 18.1. The van der Waals surface area contributed by atoms with Gasteiger partial charge in [-0.1, -0.05) is 13.0 Å². The summed E-state index contributed by atoms with van der Waals surface area (Å²) in [5.41, 5.74) is 2.65. The van der Waals surface area contributed by atoms with Crippen molar-refractivity contribution in [3.63, 3.8) is 0 Å². The Balaban J connectivity index is 1.71. The van der Waals surface area contributed by atoms with Crippen LogP contribution in [0, 0.1) is 18.6 Å². The van der Waals surface area contributed by atoms with Crippen LogP contribution in [0.3, 0.4) is 0 Å². The first-order chi connectivity index (χ1) is 11.9. The minimum absolute atomic E-state index is 0.00205. The van der Waals surface area contributed by atoms with E-state index in [0.29, 0.717) is 17.7 Å². The summed E-state index contributed by atoms with van der Waals surface area (Å²) in [4.78, 5) is 24.2. The number of aryl methyl sites for hydroxylation is 1. The van der Waals surface area contributed by atoms with E-state index in [-0.39, 0.29) is 24.0 Å². The number of ketones is 1. The highest BCUT2D eigenvalue weighted by Gasteiger charge is 2.31. The largest absolute Gasteiger partial charge is 0.483 e. The van der Waals surface area contributed by atoms with Gasteiger partial charge in [0.15, 0.2) is 24.0 Å². The van der Waals surface area contributed by atoms with Crippen LogP contribution in [-0.4, -0.2) is 18.3 Å². The van der Waals surface area contributed by atoms with Gasteiger partial charge < -0.3 is 10.1 Å². The first-order valence-electron chi connectivity index (χ1n) is 7.91. The van der Waals surface area contributed by atoms with E-state index in [1.165, 1.54) is 6.07 Å². The van der Waals surface area contributed by atoms with Crippen LogP contribution in [0.5, 0.6) is 5.75 Å². The molecule has 1 aliphatic rings. The van der Waals surface area contributed by atoms with Crippen LogP contribution in [-0.2, 0) is 4.79 Å². The van der Waals surface area contributed by atoms with Crippen molar-refractivity contribution in [3.05, 3.63) is 58.7 Å². The van der Waals surface area contributed by atoms with Gasteiger partial charge in [-0.05, 0) is 42.2 Å². The van der Waals surface area contributed by atoms with Gasteiger partial charge in [0.05, 0.1) is 5.56 Å². The van der Waals surface area contributed by atoms with E-state index in [9.17, 15) is 18.4 Å². The number of fused-ring (bicyclic) bond motifs is 1. The number of ether oxygens (including phenoxy) is 1. The molecule has 130 valence electrons. The molecular formula is C19H17F2NO3. The fourth-order valence-corrected chi connectivity index (χ4v) is 3.14. The molecule has 0 spiro atoms. The zero-order valence-electron chi connectivity index (χ0n) is 13.9. The molecule has 0 unspecified atom stereocenters. The Morgan fingerprint density at radius 3 is 2.72 bits per heavy atom. The highest BCUT2D eigenvalue weighted by atomic mass is 19.2. The van der Waals surface area contributed by atoms with E-state index in [1.807, 2.05) is 19.9 Å². The molecular weight excluding hydrogens is 328 g/mol. The van der Waals surface area contributed by atoms with Crippen molar-refractivity contribution in [2.75, 3.05) is 11.9 Å². The molecule has 0 saturated heterocycles. The Morgan fingerprint density at radius 1 is 1.24 bits per heavy atom. The fourth-order valence-electron chi connectivity index (χ4n) is 3.14. The second kappa shape index (κ2) is 6.63. The highest BCUT2D eigenvalue weighted by molar-refractivity contribution is 6.04. The second-order valence-electron chi connectivity index (χ2n) is 6.16. The Labute approximate surface area is 143 Å². The van der Waals surface area contributed by atoms with Crippen molar-refractivity contribution >= 4 is 17.4 Å². The number of halogens is 2. The molecule has 25 heavy (non-hydrogen) atoms. The molecule has 0 aromatic heterocycles. The topological polar surface area (TPSA) is 55.4 Å². The Bertz CT molecular complexity index is 864. The van der Waals surface area contributed by atoms with Crippen LogP contribution in [0.15, 0.2) is 30.3 Å². The minimum Gasteiger partial charge on any atom is -0.483 e. The maximum absolute atomic E-state index is 13.2. The molecule has 6 heteroatoms. The number of anilines is 1. The van der Waals surface area contributed by atoms with Crippen molar-refractivity contribution in [2.45, 2.75) is 26.2 Å². The molecule has 0 saturated carbocycles. The third-order valence-electron chi connectivity index (χ3n) is 4.25. The van der Waals surface area contributed by atoms with Crippen molar-refractivity contribution < 1.29 is 23.1 Å². The third kappa shape index (κ3) is 3.38. The van der Waals surface area contributed by atoms with Gasteiger partial charge in [0.2, 0.25) is 0 Å². The molecule has 4 nitrogen and oxygen atoms in total. The van der Waals surface area contributed by atoms with Crippen molar-refractivity contribution in [1.82, 2.24) is 0 Å². The molecule has 0 radical (unpaired) electrons. The monoisotopic (exact) mass is 345 g/mol. The normalized spacial score (nSPS) is 15.8. The van der Waals surface area contributed by atoms with E-state index in [4.69, 9.17) is 4.74 Å². The van der Waals surface area contributed by atoms with E-state index >= 15 is 0 Å². The van der Waals surface area contributed by atoms with E-state index < -0.39 is 17.5 Å². The molecule has 0 heterocycles. The molecule has 1 aliphatic carbocycles. The molecule has 3 rings (SSSR count). The summed E-state index contributed by atoms with van der Waals surface area (Å²) in [5.74, 6) is -2.06. The number of amides is 1. The molecule has 1 atom stereocenters. The Morgan fingerprint density at radius 2 is 2.00 bits per heavy atom. The number of hydrogen-bond donors (Lipinski definition) is 1. The van der Waals surface area contributed by atoms with E-state index in [1.54, 1.807) is 6.07 Å². The van der Waals surface area contributed by atoms with Gasteiger partial charge in [-0.3, -0.25) is 9.59 Å². The standard InChI is InChI=1S/C19H17F2NO3/c1-10-3-6-16(19-15(23)7-11(2)18(10)19)25-9-17(24)22-12-4-5-13(20)14(21)8-12/h3-6,8,11H,7,9H2,1-2H3,(H,22,24)/t11-/m1/s1. The van der Waals surface area contributed by atoms with Crippen LogP contribution in [0.25, 0.3) is 0 Å². The summed E-state index contributed by atoms with van der Waals surface area (Å²) < 4.78 is 31.6. The lowest BCUT2D eigenvalue weighted by Gasteiger charge is -2.13. The number of benzene rings is 2. The predicted octanol–water partition coefficient (Wildman–Crippen LogP) is 3.98. The van der Waals surface area contributed by atoms with Crippen LogP contribution in [0.1, 0.15) is 40.7 Å². The van der Waals surface area contributed by atoms with Gasteiger partial charge in [0, 0.05) is 18.2 Å². The van der Waals surface area contributed by atoms with Gasteiger partial charge in [-0.2, -0.15) is 0 Å². The highest BCUT2D eigenvalue weighted by Crippen LogP contribution is 2.40. The van der Waals surface area contributed by atoms with Crippen molar-refractivity contribution in [2.24, 2.45) is 0 Å². The summed E-state index contributed by atoms with van der Waals surface area (Å²) in [5, 5.41) is 2.42. The Kier molecular flexibility index (Phi) is 4.53. The molecule has 2 aromatic carbocycles. The van der Waals surface area contributed by atoms with Gasteiger partial charge in [0.1, 0.15) is 5.75 Å². The van der Waals surface area contributed by atoms with Crippen LogP contribution >= 0.6 is 0 Å². The molecule has 1 amide bonds. The van der Waals surface area contributed by atoms with Gasteiger partial charge in [-0.25, -0.2) is 8.78 Å². The van der Waals surface area contributed by atoms with Crippen molar-refractivity contribution in [3.8, 4) is 5.75 Å². The SMILES string of the molecule is Cc1ccc(OCC(=O)Nc2ccc(F)c(F)c2)c2c1[C@H](C)CC2=O.